The molecule has 0 saturated carbocycles. The summed E-state index contributed by atoms with van der Waals surface area (Å²) in [6.07, 6.45) is 0.567. The molecule has 1 saturated heterocycles. The van der Waals surface area contributed by atoms with Crippen LogP contribution in [0.5, 0.6) is 0 Å². The Labute approximate surface area is 150 Å². The summed E-state index contributed by atoms with van der Waals surface area (Å²) in [6.45, 7) is 0.172. The van der Waals surface area contributed by atoms with Crippen LogP contribution < -0.4 is 0 Å². The van der Waals surface area contributed by atoms with Crippen LogP contribution in [0.3, 0.4) is 0 Å². The van der Waals surface area contributed by atoms with Gasteiger partial charge in [0.2, 0.25) is 0 Å². The molecule has 1 heterocycles. The zero-order valence-corrected chi connectivity index (χ0v) is 14.6. The van der Waals surface area contributed by atoms with Crippen LogP contribution in [0.25, 0.3) is 0 Å². The summed E-state index contributed by atoms with van der Waals surface area (Å²) in [5.74, 6) is -0.480. The maximum absolute atomic E-state index is 12.1. The molecule has 2 aromatic carbocycles. The van der Waals surface area contributed by atoms with Crippen molar-refractivity contribution in [3.8, 4) is 0 Å². The van der Waals surface area contributed by atoms with Gasteiger partial charge in [0, 0.05) is 18.5 Å². The Hall–Kier alpha value is -1.59. The van der Waals surface area contributed by atoms with E-state index < -0.39 is 5.97 Å². The molecule has 0 radical (unpaired) electrons. The van der Waals surface area contributed by atoms with Crippen molar-refractivity contribution in [3.63, 3.8) is 0 Å². The van der Waals surface area contributed by atoms with Crippen LogP contribution in [0.4, 0.5) is 0 Å². The van der Waals surface area contributed by atoms with Crippen molar-refractivity contribution in [2.45, 2.75) is 18.6 Å². The van der Waals surface area contributed by atoms with Crippen LogP contribution in [-0.4, -0.2) is 30.8 Å². The number of hydrogen-bond donors (Lipinski definition) is 0. The van der Waals surface area contributed by atoms with Crippen molar-refractivity contribution in [1.29, 1.82) is 0 Å². The maximum atomic E-state index is 12.1. The summed E-state index contributed by atoms with van der Waals surface area (Å²) in [5, 5.41) is 2.56. The first-order chi connectivity index (χ1) is 11.5. The number of ether oxygens (including phenoxy) is 1. The predicted molar refractivity (Wildman–Crippen MR) is 93.2 cm³/mol. The molecule has 0 aromatic heterocycles. The zero-order valence-electron chi connectivity index (χ0n) is 13.1. The summed E-state index contributed by atoms with van der Waals surface area (Å²) < 4.78 is 5.35. The van der Waals surface area contributed by atoms with Crippen molar-refractivity contribution < 1.29 is 14.4 Å². The molecule has 126 valence electrons. The number of esters is 1. The number of nitrogens with zero attached hydrogens (tertiary/aromatic N) is 1. The van der Waals surface area contributed by atoms with Gasteiger partial charge in [0.05, 0.1) is 16.6 Å². The van der Waals surface area contributed by atoms with E-state index in [0.717, 1.165) is 6.42 Å². The summed E-state index contributed by atoms with van der Waals surface area (Å²) in [5.41, 5.74) is 1.47. The Morgan fingerprint density at radius 3 is 2.71 bits per heavy atom. The minimum Gasteiger partial charge on any atom is -0.459 e. The molecule has 2 atom stereocenters. The molecule has 1 aliphatic rings. The van der Waals surface area contributed by atoms with Crippen molar-refractivity contribution in [3.05, 3.63) is 69.7 Å². The number of benzene rings is 2. The topological polar surface area (TPSA) is 38.8 Å². The van der Waals surface area contributed by atoms with Gasteiger partial charge in [-0.1, -0.05) is 53.5 Å². The molecule has 24 heavy (non-hydrogen) atoms. The lowest BCUT2D eigenvalue weighted by Crippen LogP contribution is -2.21. The number of carbonyl (C=O) groups is 1. The number of carbonyl (C=O) groups excluding carboxylic acids is 1. The molecular formula is C18H17Cl2NO3. The summed E-state index contributed by atoms with van der Waals surface area (Å²) in [6, 6.07) is 14.9. The molecule has 0 N–H and O–H groups in total. The van der Waals surface area contributed by atoms with E-state index in [2.05, 4.69) is 12.1 Å². The van der Waals surface area contributed by atoms with Gasteiger partial charge in [0.1, 0.15) is 12.7 Å². The van der Waals surface area contributed by atoms with E-state index >= 15 is 0 Å². The second-order valence-corrected chi connectivity index (χ2v) is 6.50. The third-order valence-electron chi connectivity index (χ3n) is 3.98. The lowest BCUT2D eigenvalue weighted by molar-refractivity contribution is -0.153. The highest BCUT2D eigenvalue weighted by Gasteiger charge is 2.32. The molecule has 1 aliphatic heterocycles. The fourth-order valence-corrected chi connectivity index (χ4v) is 3.26. The molecule has 0 aliphatic carbocycles. The highest BCUT2D eigenvalue weighted by atomic mass is 35.5. The molecule has 3 rings (SSSR count). The van der Waals surface area contributed by atoms with Crippen molar-refractivity contribution in [2.24, 2.45) is 0 Å². The molecule has 0 unspecified atom stereocenters. The second kappa shape index (κ2) is 7.53. The Kier molecular flexibility index (Phi) is 5.41. The van der Waals surface area contributed by atoms with E-state index in [4.69, 9.17) is 32.8 Å². The van der Waals surface area contributed by atoms with E-state index in [-0.39, 0.29) is 23.8 Å². The molecule has 1 fully saturated rings. The van der Waals surface area contributed by atoms with Crippen molar-refractivity contribution in [2.75, 3.05) is 13.7 Å². The van der Waals surface area contributed by atoms with Gasteiger partial charge in [0.25, 0.3) is 0 Å². The number of hydrogen-bond acceptors (Lipinski definition) is 4. The first-order valence-corrected chi connectivity index (χ1v) is 8.37. The van der Waals surface area contributed by atoms with Gasteiger partial charge in [-0.25, -0.2) is 4.79 Å². The highest BCUT2D eigenvalue weighted by molar-refractivity contribution is 6.36. The zero-order chi connectivity index (χ0) is 17.1. The van der Waals surface area contributed by atoms with Crippen LogP contribution in [-0.2, 0) is 9.57 Å². The predicted octanol–water partition coefficient (Wildman–Crippen LogP) is 4.53. The first-order valence-electron chi connectivity index (χ1n) is 7.61. The third-order valence-corrected chi connectivity index (χ3v) is 4.52. The van der Waals surface area contributed by atoms with Gasteiger partial charge in [-0.05, 0) is 23.8 Å². The SMILES string of the molecule is CN1O[C@H](COC(=O)c2ccc(Cl)cc2Cl)C[C@H]1c1ccccc1. The average molecular weight is 366 g/mol. The van der Waals surface area contributed by atoms with Crippen LogP contribution in [0.1, 0.15) is 28.4 Å². The first kappa shape index (κ1) is 17.2. The average Bonchev–Trinajstić information content (AvgIpc) is 2.94. The number of hydroxylamine groups is 2. The van der Waals surface area contributed by atoms with Crippen LogP contribution in [0.2, 0.25) is 10.0 Å². The van der Waals surface area contributed by atoms with Crippen molar-refractivity contribution in [1.82, 2.24) is 5.06 Å². The summed E-state index contributed by atoms with van der Waals surface area (Å²) in [7, 11) is 1.88. The normalized spacial score (nSPS) is 21.0. The molecule has 2 aromatic rings. The maximum Gasteiger partial charge on any atom is 0.339 e. The van der Waals surface area contributed by atoms with E-state index in [1.807, 2.05) is 30.3 Å². The van der Waals surface area contributed by atoms with Crippen LogP contribution >= 0.6 is 23.2 Å². The monoisotopic (exact) mass is 365 g/mol. The summed E-state index contributed by atoms with van der Waals surface area (Å²) in [4.78, 5) is 17.9. The largest absolute Gasteiger partial charge is 0.459 e. The lowest BCUT2D eigenvalue weighted by atomic mass is 10.0. The summed E-state index contributed by atoms with van der Waals surface area (Å²) >= 11 is 11.9. The van der Waals surface area contributed by atoms with Crippen LogP contribution in [0, 0.1) is 0 Å². The minimum absolute atomic E-state index is 0.147. The quantitative estimate of drug-likeness (QED) is 0.746. The second-order valence-electron chi connectivity index (χ2n) is 5.66. The Balaban J connectivity index is 1.58. The molecule has 0 spiro atoms. The van der Waals surface area contributed by atoms with Gasteiger partial charge in [-0.15, -0.1) is 0 Å². The molecule has 6 heteroatoms. The molecule has 4 nitrogen and oxygen atoms in total. The highest BCUT2D eigenvalue weighted by Crippen LogP contribution is 2.32. The standard InChI is InChI=1S/C18H17Cl2NO3/c1-21-17(12-5-3-2-4-6-12)10-14(24-21)11-23-18(22)15-8-7-13(19)9-16(15)20/h2-9,14,17H,10-11H2,1H3/t14-,17-/m0/s1. The molecule has 0 amide bonds. The minimum atomic E-state index is -0.480. The van der Waals surface area contributed by atoms with Gasteiger partial charge in [-0.2, -0.15) is 5.06 Å². The lowest BCUT2D eigenvalue weighted by Gasteiger charge is -2.17. The van der Waals surface area contributed by atoms with E-state index in [1.54, 1.807) is 12.1 Å². The van der Waals surface area contributed by atoms with Gasteiger partial charge in [0.15, 0.2) is 0 Å². The van der Waals surface area contributed by atoms with Gasteiger partial charge < -0.3 is 4.74 Å². The van der Waals surface area contributed by atoms with E-state index in [1.165, 1.54) is 11.6 Å². The number of rotatable bonds is 4. The smallest absolute Gasteiger partial charge is 0.339 e. The third kappa shape index (κ3) is 3.90. The molecular weight excluding hydrogens is 349 g/mol. The van der Waals surface area contributed by atoms with Gasteiger partial charge in [-0.3, -0.25) is 4.84 Å². The van der Waals surface area contributed by atoms with Crippen LogP contribution in [0.15, 0.2) is 48.5 Å². The Bertz CT molecular complexity index is 723. The Morgan fingerprint density at radius 2 is 2.00 bits per heavy atom. The molecule has 0 bridgehead atoms. The van der Waals surface area contributed by atoms with Gasteiger partial charge >= 0.3 is 5.97 Å². The Morgan fingerprint density at radius 1 is 1.25 bits per heavy atom. The number of halogens is 2. The van der Waals surface area contributed by atoms with Crippen molar-refractivity contribution >= 4 is 29.2 Å². The fraction of sp³-hybridized carbons (Fsp3) is 0.278. The fourth-order valence-electron chi connectivity index (χ4n) is 2.77. The van der Waals surface area contributed by atoms with E-state index in [9.17, 15) is 4.79 Å². The van der Waals surface area contributed by atoms with E-state index in [0.29, 0.717) is 10.6 Å².